The molecular formula is C24H34O4. The van der Waals surface area contributed by atoms with Crippen molar-refractivity contribution < 1.29 is 19.4 Å². The lowest BCUT2D eigenvalue weighted by Crippen LogP contribution is -2.49. The number of allylic oxidation sites excluding steroid dienone is 3. The maximum Gasteiger partial charge on any atom is 0.311 e. The first-order valence-electron chi connectivity index (χ1n) is 10.9. The fourth-order valence-electron chi connectivity index (χ4n) is 6.42. The first-order chi connectivity index (χ1) is 13.1. The van der Waals surface area contributed by atoms with Gasteiger partial charge >= 0.3 is 5.97 Å². The van der Waals surface area contributed by atoms with E-state index in [0.29, 0.717) is 18.3 Å². The summed E-state index contributed by atoms with van der Waals surface area (Å²) >= 11 is 0. The van der Waals surface area contributed by atoms with Crippen molar-refractivity contribution in [3.05, 3.63) is 23.3 Å². The highest BCUT2D eigenvalue weighted by Gasteiger charge is 2.58. The fourth-order valence-corrected chi connectivity index (χ4v) is 6.42. The molecule has 154 valence electrons. The van der Waals surface area contributed by atoms with Crippen molar-refractivity contribution in [2.45, 2.75) is 78.7 Å². The number of hydrogen-bond acceptors (Lipinski definition) is 4. The van der Waals surface area contributed by atoms with Crippen molar-refractivity contribution in [2.24, 2.45) is 28.1 Å². The number of carbonyl (C=O) groups excluding carboxylic acids is 2. The minimum absolute atomic E-state index is 0.0222. The quantitative estimate of drug-likeness (QED) is 0.565. The minimum atomic E-state index is -0.481. The number of esters is 1. The average molecular weight is 387 g/mol. The fraction of sp³-hybridized carbons (Fsp3) is 0.750. The Morgan fingerprint density at radius 2 is 1.96 bits per heavy atom. The third-order valence-electron chi connectivity index (χ3n) is 8.19. The molecule has 0 saturated heterocycles. The molecule has 4 heteroatoms. The van der Waals surface area contributed by atoms with Gasteiger partial charge in [-0.2, -0.15) is 0 Å². The molecule has 0 aliphatic heterocycles. The first-order valence-corrected chi connectivity index (χ1v) is 10.9. The van der Waals surface area contributed by atoms with E-state index in [1.165, 1.54) is 5.57 Å². The SMILES string of the molecule is CC(C)(C)C(=O)O[C@H]1CC[C@H]2C3=CCC4=CC(=O)CC[C@]4(CO)[C@H]3CC[C@]12C. The zero-order valence-corrected chi connectivity index (χ0v) is 17.7. The van der Waals surface area contributed by atoms with Crippen LogP contribution in [-0.2, 0) is 14.3 Å². The summed E-state index contributed by atoms with van der Waals surface area (Å²) in [5, 5.41) is 10.4. The Balaban J connectivity index is 1.63. The largest absolute Gasteiger partial charge is 0.461 e. The second-order valence-corrected chi connectivity index (χ2v) is 10.7. The number of hydrogen-bond donors (Lipinski definition) is 1. The molecule has 4 nitrogen and oxygen atoms in total. The molecule has 4 rings (SSSR count). The van der Waals surface area contributed by atoms with Crippen LogP contribution in [0.3, 0.4) is 0 Å². The molecule has 0 aromatic carbocycles. The highest BCUT2D eigenvalue weighted by Crippen LogP contribution is 2.64. The molecule has 0 aromatic heterocycles. The van der Waals surface area contributed by atoms with Gasteiger partial charge in [0.2, 0.25) is 0 Å². The molecule has 2 fully saturated rings. The van der Waals surface area contributed by atoms with Gasteiger partial charge in [-0.15, -0.1) is 0 Å². The molecule has 28 heavy (non-hydrogen) atoms. The number of rotatable bonds is 2. The number of ketones is 1. The molecule has 0 unspecified atom stereocenters. The topological polar surface area (TPSA) is 63.6 Å². The highest BCUT2D eigenvalue weighted by atomic mass is 16.5. The zero-order valence-electron chi connectivity index (χ0n) is 17.7. The van der Waals surface area contributed by atoms with Gasteiger partial charge in [-0.1, -0.05) is 24.1 Å². The van der Waals surface area contributed by atoms with E-state index in [2.05, 4.69) is 13.0 Å². The van der Waals surface area contributed by atoms with Gasteiger partial charge in [0.05, 0.1) is 12.0 Å². The number of aliphatic hydroxyl groups is 1. The summed E-state index contributed by atoms with van der Waals surface area (Å²) in [6, 6.07) is 0. The second-order valence-electron chi connectivity index (χ2n) is 10.7. The summed E-state index contributed by atoms with van der Waals surface area (Å²) < 4.78 is 6.03. The summed E-state index contributed by atoms with van der Waals surface area (Å²) in [7, 11) is 0. The van der Waals surface area contributed by atoms with Crippen LogP contribution in [0.2, 0.25) is 0 Å². The van der Waals surface area contributed by atoms with E-state index < -0.39 is 5.41 Å². The maximum absolute atomic E-state index is 12.5. The molecule has 4 aliphatic carbocycles. The predicted molar refractivity (Wildman–Crippen MR) is 107 cm³/mol. The Morgan fingerprint density at radius 1 is 1.21 bits per heavy atom. The highest BCUT2D eigenvalue weighted by molar-refractivity contribution is 5.91. The van der Waals surface area contributed by atoms with Crippen LogP contribution in [0.4, 0.5) is 0 Å². The molecule has 0 heterocycles. The van der Waals surface area contributed by atoms with E-state index in [-0.39, 0.29) is 35.3 Å². The lowest BCUT2D eigenvalue weighted by atomic mass is 9.50. The number of ether oxygens (including phenoxy) is 1. The van der Waals surface area contributed by atoms with Gasteiger partial charge in [0, 0.05) is 17.3 Å². The van der Waals surface area contributed by atoms with Gasteiger partial charge in [0.15, 0.2) is 5.78 Å². The molecule has 2 saturated carbocycles. The van der Waals surface area contributed by atoms with Gasteiger partial charge in [0.1, 0.15) is 6.10 Å². The lowest BCUT2D eigenvalue weighted by Gasteiger charge is -2.54. The smallest absolute Gasteiger partial charge is 0.311 e. The number of carbonyl (C=O) groups is 2. The van der Waals surface area contributed by atoms with Crippen LogP contribution in [0.25, 0.3) is 0 Å². The van der Waals surface area contributed by atoms with Crippen LogP contribution in [0.15, 0.2) is 23.3 Å². The normalized spacial score (nSPS) is 40.0. The lowest BCUT2D eigenvalue weighted by molar-refractivity contribution is -0.165. The minimum Gasteiger partial charge on any atom is -0.461 e. The van der Waals surface area contributed by atoms with E-state index in [1.807, 2.05) is 26.8 Å². The third-order valence-corrected chi connectivity index (χ3v) is 8.19. The van der Waals surface area contributed by atoms with E-state index >= 15 is 0 Å². The number of fused-ring (bicyclic) bond motifs is 5. The Morgan fingerprint density at radius 3 is 2.64 bits per heavy atom. The molecule has 0 amide bonds. The van der Waals surface area contributed by atoms with Crippen molar-refractivity contribution in [1.82, 2.24) is 0 Å². The van der Waals surface area contributed by atoms with Crippen LogP contribution in [0, 0.1) is 28.1 Å². The van der Waals surface area contributed by atoms with E-state index in [1.54, 1.807) is 0 Å². The molecule has 1 N–H and O–H groups in total. The molecule has 0 aromatic rings. The monoisotopic (exact) mass is 386 g/mol. The maximum atomic E-state index is 12.5. The standard InChI is InChI=1S/C24H34O4/c1-22(2,3)21(27)28-20-8-7-18-17-6-5-15-13-16(26)9-12-24(15,14-25)19(17)10-11-23(18,20)4/h6,13,18-20,25H,5,7-12,14H2,1-4H3/t18-,19-,20-,23-,24+/m0/s1. The van der Waals surface area contributed by atoms with Gasteiger partial charge in [-0.25, -0.2) is 0 Å². The first kappa shape index (κ1) is 19.9. The van der Waals surface area contributed by atoms with Gasteiger partial charge in [0.25, 0.3) is 0 Å². The summed E-state index contributed by atoms with van der Waals surface area (Å²) in [5.74, 6) is 0.820. The Kier molecular flexibility index (Phi) is 4.65. The van der Waals surface area contributed by atoms with Crippen molar-refractivity contribution in [2.75, 3.05) is 6.61 Å². The predicted octanol–water partition coefficient (Wildman–Crippen LogP) is 4.37. The van der Waals surface area contributed by atoms with Crippen LogP contribution >= 0.6 is 0 Å². The zero-order chi connectivity index (χ0) is 20.3. The molecule has 5 atom stereocenters. The Labute approximate surface area is 168 Å². The third kappa shape index (κ3) is 2.82. The average Bonchev–Trinajstić information content (AvgIpc) is 2.97. The molecular weight excluding hydrogens is 352 g/mol. The van der Waals surface area contributed by atoms with Gasteiger partial charge < -0.3 is 9.84 Å². The van der Waals surface area contributed by atoms with Crippen LogP contribution in [0.5, 0.6) is 0 Å². The summed E-state index contributed by atoms with van der Waals surface area (Å²) in [5.41, 5.74) is 1.84. The van der Waals surface area contributed by atoms with Crippen LogP contribution < -0.4 is 0 Å². The second kappa shape index (κ2) is 6.55. The van der Waals surface area contributed by atoms with E-state index in [9.17, 15) is 14.7 Å². The van der Waals surface area contributed by atoms with Gasteiger partial charge in [-0.05, 0) is 77.2 Å². The Bertz CT molecular complexity index is 755. The van der Waals surface area contributed by atoms with Crippen molar-refractivity contribution in [1.29, 1.82) is 0 Å². The molecule has 0 spiro atoms. The number of aliphatic hydroxyl groups excluding tert-OH is 1. The van der Waals surface area contributed by atoms with Crippen molar-refractivity contribution in [3.63, 3.8) is 0 Å². The van der Waals surface area contributed by atoms with E-state index in [4.69, 9.17) is 4.74 Å². The Hall–Kier alpha value is -1.42. The van der Waals surface area contributed by atoms with Crippen molar-refractivity contribution in [3.8, 4) is 0 Å². The summed E-state index contributed by atoms with van der Waals surface area (Å²) in [6.07, 6.45) is 10.2. The summed E-state index contributed by atoms with van der Waals surface area (Å²) in [4.78, 5) is 24.5. The van der Waals surface area contributed by atoms with Crippen LogP contribution in [-0.4, -0.2) is 29.6 Å². The van der Waals surface area contributed by atoms with Gasteiger partial charge in [-0.3, -0.25) is 9.59 Å². The molecule has 4 aliphatic rings. The van der Waals surface area contributed by atoms with E-state index in [0.717, 1.165) is 44.1 Å². The van der Waals surface area contributed by atoms with Crippen molar-refractivity contribution >= 4 is 11.8 Å². The molecule has 0 radical (unpaired) electrons. The summed E-state index contributed by atoms with van der Waals surface area (Å²) in [6.45, 7) is 8.15. The molecule has 0 bridgehead atoms. The van der Waals surface area contributed by atoms with Crippen LogP contribution in [0.1, 0.15) is 72.6 Å².